The smallest absolute Gasteiger partial charge is 0.251 e. The highest BCUT2D eigenvalue weighted by Crippen LogP contribution is 2.17. The number of aliphatic hydroxyl groups excluding tert-OH is 1. The van der Waals surface area contributed by atoms with Crippen molar-refractivity contribution < 1.29 is 14.6 Å². The summed E-state index contributed by atoms with van der Waals surface area (Å²) in [5, 5.41) is 12.9. The van der Waals surface area contributed by atoms with Gasteiger partial charge in [0.05, 0.1) is 30.6 Å². The number of hydrogen-bond acceptors (Lipinski definition) is 4. The second-order valence-electron chi connectivity index (χ2n) is 5.13. The third-order valence-electron chi connectivity index (χ3n) is 3.64. The summed E-state index contributed by atoms with van der Waals surface area (Å²) < 4.78 is 5.07. The summed E-state index contributed by atoms with van der Waals surface area (Å²) in [6, 6.07) is 12.3. The lowest BCUT2D eigenvalue weighted by atomic mass is 10.1. The molecular weight excluding hydrogens is 294 g/mol. The largest absolute Gasteiger partial charge is 0.497 e. The quantitative estimate of drug-likeness (QED) is 0.673. The second kappa shape index (κ2) is 6.50. The number of aromatic amines is 1. The van der Waals surface area contributed by atoms with Gasteiger partial charge in [0.2, 0.25) is 0 Å². The SMILES string of the molecule is COc1ccc(C(O)CNC(=O)c2ccc3nc[nH]c3c2)cc1. The van der Waals surface area contributed by atoms with Gasteiger partial charge in [-0.15, -0.1) is 0 Å². The van der Waals surface area contributed by atoms with E-state index in [2.05, 4.69) is 15.3 Å². The Kier molecular flexibility index (Phi) is 4.25. The lowest BCUT2D eigenvalue weighted by Gasteiger charge is -2.13. The molecular formula is C17H17N3O3. The normalized spacial score (nSPS) is 12.1. The van der Waals surface area contributed by atoms with Crippen molar-refractivity contribution in [3.8, 4) is 5.75 Å². The van der Waals surface area contributed by atoms with Crippen molar-refractivity contribution in [2.45, 2.75) is 6.10 Å². The van der Waals surface area contributed by atoms with Gasteiger partial charge in [0.25, 0.3) is 5.91 Å². The summed E-state index contributed by atoms with van der Waals surface area (Å²) in [5.41, 5.74) is 2.84. The monoisotopic (exact) mass is 311 g/mol. The topological polar surface area (TPSA) is 87.2 Å². The van der Waals surface area contributed by atoms with E-state index in [-0.39, 0.29) is 12.5 Å². The number of benzene rings is 2. The number of aromatic nitrogens is 2. The van der Waals surface area contributed by atoms with E-state index in [1.54, 1.807) is 55.9 Å². The molecule has 6 heteroatoms. The summed E-state index contributed by atoms with van der Waals surface area (Å²) in [7, 11) is 1.59. The first-order valence-corrected chi connectivity index (χ1v) is 7.21. The van der Waals surface area contributed by atoms with E-state index in [4.69, 9.17) is 4.74 Å². The standard InChI is InChI=1S/C17H17N3O3/c1-23-13-5-2-11(3-6-13)16(21)9-18-17(22)12-4-7-14-15(8-12)20-10-19-14/h2-8,10,16,21H,9H2,1H3,(H,18,22)(H,19,20). The number of H-pyrrole nitrogens is 1. The molecule has 0 aliphatic rings. The van der Waals surface area contributed by atoms with Gasteiger partial charge >= 0.3 is 0 Å². The van der Waals surface area contributed by atoms with Gasteiger partial charge in [-0.1, -0.05) is 12.1 Å². The molecule has 118 valence electrons. The summed E-state index contributed by atoms with van der Waals surface area (Å²) in [5.74, 6) is 0.479. The highest BCUT2D eigenvalue weighted by Gasteiger charge is 2.12. The van der Waals surface area contributed by atoms with E-state index in [0.717, 1.165) is 22.3 Å². The van der Waals surface area contributed by atoms with Crippen LogP contribution in [-0.4, -0.2) is 34.6 Å². The minimum absolute atomic E-state index is 0.131. The molecule has 3 N–H and O–H groups in total. The fraction of sp³-hybridized carbons (Fsp3) is 0.176. The molecule has 1 unspecified atom stereocenters. The Morgan fingerprint density at radius 1 is 1.30 bits per heavy atom. The lowest BCUT2D eigenvalue weighted by molar-refractivity contribution is 0.0916. The van der Waals surface area contributed by atoms with Gasteiger partial charge in [-0.2, -0.15) is 0 Å². The maximum absolute atomic E-state index is 12.2. The van der Waals surface area contributed by atoms with E-state index in [1.165, 1.54) is 0 Å². The van der Waals surface area contributed by atoms with Crippen LogP contribution in [0.25, 0.3) is 11.0 Å². The molecule has 23 heavy (non-hydrogen) atoms. The Morgan fingerprint density at radius 2 is 2.09 bits per heavy atom. The van der Waals surface area contributed by atoms with Crippen molar-refractivity contribution in [2.75, 3.05) is 13.7 Å². The highest BCUT2D eigenvalue weighted by molar-refractivity contribution is 5.97. The van der Waals surface area contributed by atoms with E-state index >= 15 is 0 Å². The third kappa shape index (κ3) is 3.32. The van der Waals surface area contributed by atoms with Crippen LogP contribution in [0, 0.1) is 0 Å². The molecule has 0 bridgehead atoms. The van der Waals surface area contributed by atoms with Crippen LogP contribution in [-0.2, 0) is 0 Å². The van der Waals surface area contributed by atoms with Gasteiger partial charge in [-0.25, -0.2) is 4.98 Å². The molecule has 2 aromatic carbocycles. The third-order valence-corrected chi connectivity index (χ3v) is 3.64. The molecule has 0 spiro atoms. The molecule has 0 radical (unpaired) electrons. The van der Waals surface area contributed by atoms with Crippen LogP contribution >= 0.6 is 0 Å². The van der Waals surface area contributed by atoms with Crippen molar-refractivity contribution in [3.63, 3.8) is 0 Å². The predicted octanol–water partition coefficient (Wildman–Crippen LogP) is 2.03. The minimum atomic E-state index is -0.777. The number of aliphatic hydroxyl groups is 1. The number of carbonyl (C=O) groups excluding carboxylic acids is 1. The molecule has 1 aromatic heterocycles. The molecule has 0 aliphatic carbocycles. The average Bonchev–Trinajstić information content (AvgIpc) is 3.07. The average molecular weight is 311 g/mol. The molecule has 0 saturated carbocycles. The van der Waals surface area contributed by atoms with Crippen LogP contribution < -0.4 is 10.1 Å². The number of amides is 1. The lowest BCUT2D eigenvalue weighted by Crippen LogP contribution is -2.28. The Bertz CT molecular complexity index is 811. The first-order chi connectivity index (χ1) is 11.2. The first kappa shape index (κ1) is 15.1. The van der Waals surface area contributed by atoms with Gasteiger partial charge < -0.3 is 20.1 Å². The van der Waals surface area contributed by atoms with Crippen LogP contribution in [0.3, 0.4) is 0 Å². The Labute approximate surface area is 133 Å². The number of hydrogen-bond donors (Lipinski definition) is 3. The number of fused-ring (bicyclic) bond motifs is 1. The van der Waals surface area contributed by atoms with E-state index in [1.807, 2.05) is 0 Å². The summed E-state index contributed by atoms with van der Waals surface area (Å²) in [4.78, 5) is 19.2. The van der Waals surface area contributed by atoms with Crippen LogP contribution in [0.5, 0.6) is 5.75 Å². The fourth-order valence-corrected chi connectivity index (χ4v) is 2.31. The van der Waals surface area contributed by atoms with Crippen molar-refractivity contribution in [2.24, 2.45) is 0 Å². The maximum Gasteiger partial charge on any atom is 0.251 e. The predicted molar refractivity (Wildman–Crippen MR) is 86.4 cm³/mol. The number of imidazole rings is 1. The van der Waals surface area contributed by atoms with Crippen LogP contribution in [0.2, 0.25) is 0 Å². The van der Waals surface area contributed by atoms with Crippen molar-refractivity contribution in [1.82, 2.24) is 15.3 Å². The molecule has 1 heterocycles. The zero-order valence-electron chi connectivity index (χ0n) is 12.6. The van der Waals surface area contributed by atoms with Gasteiger partial charge in [0.1, 0.15) is 5.75 Å². The van der Waals surface area contributed by atoms with Gasteiger partial charge in [-0.3, -0.25) is 4.79 Å². The second-order valence-corrected chi connectivity index (χ2v) is 5.13. The maximum atomic E-state index is 12.2. The van der Waals surface area contributed by atoms with Gasteiger partial charge in [-0.05, 0) is 35.9 Å². The molecule has 0 saturated heterocycles. The van der Waals surface area contributed by atoms with Crippen LogP contribution in [0.1, 0.15) is 22.0 Å². The number of methoxy groups -OCH3 is 1. The number of ether oxygens (including phenoxy) is 1. The fourth-order valence-electron chi connectivity index (χ4n) is 2.31. The number of rotatable bonds is 5. The van der Waals surface area contributed by atoms with Gasteiger partial charge in [0, 0.05) is 12.1 Å². The van der Waals surface area contributed by atoms with E-state index < -0.39 is 6.10 Å². The Morgan fingerprint density at radius 3 is 2.83 bits per heavy atom. The van der Waals surface area contributed by atoms with Crippen LogP contribution in [0.15, 0.2) is 48.8 Å². The zero-order chi connectivity index (χ0) is 16.2. The molecule has 6 nitrogen and oxygen atoms in total. The number of carbonyl (C=O) groups is 1. The molecule has 1 amide bonds. The summed E-state index contributed by atoms with van der Waals surface area (Å²) in [6.45, 7) is 0.131. The number of nitrogens with zero attached hydrogens (tertiary/aromatic N) is 1. The van der Waals surface area contributed by atoms with E-state index in [9.17, 15) is 9.90 Å². The van der Waals surface area contributed by atoms with Gasteiger partial charge in [0.15, 0.2) is 0 Å². The highest BCUT2D eigenvalue weighted by atomic mass is 16.5. The van der Waals surface area contributed by atoms with Crippen LogP contribution in [0.4, 0.5) is 0 Å². The van der Waals surface area contributed by atoms with E-state index in [0.29, 0.717) is 5.56 Å². The zero-order valence-corrected chi connectivity index (χ0v) is 12.6. The number of nitrogens with one attached hydrogen (secondary N) is 2. The van der Waals surface area contributed by atoms with Crippen molar-refractivity contribution >= 4 is 16.9 Å². The summed E-state index contributed by atoms with van der Waals surface area (Å²) >= 11 is 0. The minimum Gasteiger partial charge on any atom is -0.497 e. The molecule has 1 atom stereocenters. The summed E-state index contributed by atoms with van der Waals surface area (Å²) in [6.07, 6.45) is 0.806. The van der Waals surface area contributed by atoms with Crippen molar-refractivity contribution in [1.29, 1.82) is 0 Å². The first-order valence-electron chi connectivity index (χ1n) is 7.21. The molecule has 3 rings (SSSR count). The molecule has 0 fully saturated rings. The molecule has 0 aliphatic heterocycles. The Hall–Kier alpha value is -2.86. The van der Waals surface area contributed by atoms with Crippen molar-refractivity contribution in [3.05, 3.63) is 59.9 Å². The molecule has 3 aromatic rings. The Balaban J connectivity index is 1.63.